The topological polar surface area (TPSA) is 83.5 Å². The molecule has 5 rings (SSSR count). The van der Waals surface area contributed by atoms with Gasteiger partial charge in [-0.25, -0.2) is 13.4 Å². The molecule has 0 saturated carbocycles. The van der Waals surface area contributed by atoms with Gasteiger partial charge in [-0.1, -0.05) is 46.7 Å². The molecule has 3 aromatic heterocycles. The number of nitrogens with zero attached hydrogens (tertiary/aromatic N) is 4. The quantitative estimate of drug-likeness (QED) is 0.296. The summed E-state index contributed by atoms with van der Waals surface area (Å²) in [4.78, 5) is 24.6. The molecule has 1 amide bonds. The van der Waals surface area contributed by atoms with Crippen molar-refractivity contribution in [3.63, 3.8) is 0 Å². The van der Waals surface area contributed by atoms with Crippen LogP contribution in [0.4, 0.5) is 5.13 Å². The Labute approximate surface area is 221 Å². The second kappa shape index (κ2) is 9.76. The van der Waals surface area contributed by atoms with E-state index in [0.717, 1.165) is 27.1 Å². The molecule has 182 valence electrons. The predicted octanol–water partition coefficient (Wildman–Crippen LogP) is 5.75. The number of pyridine rings is 1. The predicted molar refractivity (Wildman–Crippen MR) is 141 cm³/mol. The average molecular weight is 568 g/mol. The van der Waals surface area contributed by atoms with Crippen LogP contribution < -0.4 is 4.90 Å². The molecule has 1 aromatic carbocycles. The lowest BCUT2D eigenvalue weighted by molar-refractivity contribution is -0.121. The van der Waals surface area contributed by atoms with Gasteiger partial charge in [-0.2, -0.15) is 4.31 Å². The Kier molecular flexibility index (Phi) is 6.86. The van der Waals surface area contributed by atoms with Gasteiger partial charge >= 0.3 is 0 Å². The SMILES string of the molecule is Cc1ccc(Cl)c2sc(N(Cc3ccccn3)C(=O)C3CCCN3S(=O)(=O)c3ccc(Cl)s3)nc12. The number of halogens is 2. The molecule has 0 aliphatic carbocycles. The lowest BCUT2D eigenvalue weighted by Gasteiger charge is -2.28. The maximum Gasteiger partial charge on any atom is 0.253 e. The molecule has 0 N–H and O–H groups in total. The van der Waals surface area contributed by atoms with Crippen LogP contribution in [0.5, 0.6) is 0 Å². The molecule has 0 bridgehead atoms. The van der Waals surface area contributed by atoms with Gasteiger partial charge in [-0.05, 0) is 55.7 Å². The Morgan fingerprint density at radius 2 is 2.00 bits per heavy atom. The largest absolute Gasteiger partial charge is 0.281 e. The minimum absolute atomic E-state index is 0.126. The van der Waals surface area contributed by atoms with E-state index >= 15 is 0 Å². The molecular formula is C23H20Cl2N4O3S3. The first kappa shape index (κ1) is 24.6. The number of aromatic nitrogens is 2. The van der Waals surface area contributed by atoms with E-state index in [9.17, 15) is 13.2 Å². The number of carbonyl (C=O) groups excluding carboxylic acids is 1. The zero-order chi connectivity index (χ0) is 24.7. The van der Waals surface area contributed by atoms with E-state index < -0.39 is 16.1 Å². The Balaban J connectivity index is 1.55. The van der Waals surface area contributed by atoms with E-state index in [1.54, 1.807) is 18.3 Å². The van der Waals surface area contributed by atoms with Crippen molar-refractivity contribution in [2.75, 3.05) is 11.4 Å². The third-order valence-electron chi connectivity index (χ3n) is 5.83. The molecule has 4 aromatic rings. The third-order valence-corrected chi connectivity index (χ3v) is 11.0. The van der Waals surface area contributed by atoms with Crippen LogP contribution in [0.3, 0.4) is 0 Å². The van der Waals surface area contributed by atoms with E-state index in [1.807, 2.05) is 31.2 Å². The van der Waals surface area contributed by atoms with Gasteiger partial charge in [0.1, 0.15) is 10.3 Å². The Hall–Kier alpha value is -2.08. The molecule has 7 nitrogen and oxygen atoms in total. The summed E-state index contributed by atoms with van der Waals surface area (Å²) in [5.74, 6) is -0.341. The van der Waals surface area contributed by atoms with Gasteiger partial charge in [0.25, 0.3) is 10.0 Å². The lowest BCUT2D eigenvalue weighted by atomic mass is 10.2. The first-order valence-corrected chi connectivity index (χ1v) is 14.6. The Morgan fingerprint density at radius 3 is 2.69 bits per heavy atom. The van der Waals surface area contributed by atoms with Crippen molar-refractivity contribution < 1.29 is 13.2 Å². The number of aryl methyl sites for hydroxylation is 1. The van der Waals surface area contributed by atoms with Crippen molar-refractivity contribution in [2.45, 2.75) is 36.6 Å². The molecule has 1 unspecified atom stereocenters. The molecule has 1 aliphatic heterocycles. The first-order chi connectivity index (χ1) is 16.8. The highest BCUT2D eigenvalue weighted by molar-refractivity contribution is 7.91. The molecule has 1 saturated heterocycles. The summed E-state index contributed by atoms with van der Waals surface area (Å²) in [5.41, 5.74) is 2.33. The van der Waals surface area contributed by atoms with Crippen LogP contribution in [-0.4, -0.2) is 41.2 Å². The minimum Gasteiger partial charge on any atom is -0.281 e. The van der Waals surface area contributed by atoms with Crippen molar-refractivity contribution in [3.05, 3.63) is 69.3 Å². The van der Waals surface area contributed by atoms with Gasteiger partial charge in [-0.15, -0.1) is 11.3 Å². The maximum absolute atomic E-state index is 14.0. The van der Waals surface area contributed by atoms with Crippen LogP contribution in [0.15, 0.2) is 52.9 Å². The molecule has 1 aliphatic rings. The molecule has 1 fully saturated rings. The summed E-state index contributed by atoms with van der Waals surface area (Å²) >= 11 is 14.7. The fraction of sp³-hybridized carbons (Fsp3) is 0.261. The minimum atomic E-state index is -3.87. The van der Waals surface area contributed by atoms with Crippen LogP contribution in [0.2, 0.25) is 9.36 Å². The number of anilines is 1. The van der Waals surface area contributed by atoms with Crippen LogP contribution >= 0.6 is 45.9 Å². The molecule has 0 spiro atoms. The number of thiazole rings is 1. The standard InChI is InChI=1S/C23H20Cl2N4O3S3/c1-14-7-8-16(24)21-20(14)27-23(34-21)28(13-15-5-2-3-11-26-15)22(30)17-6-4-12-29(17)35(31,32)19-10-9-18(25)33-19/h2-3,5,7-11,17H,4,6,12-13H2,1H3. The third kappa shape index (κ3) is 4.71. The molecular weight excluding hydrogens is 547 g/mol. The van der Waals surface area contributed by atoms with Crippen molar-refractivity contribution in [3.8, 4) is 0 Å². The molecule has 35 heavy (non-hydrogen) atoms. The van der Waals surface area contributed by atoms with Crippen LogP contribution in [0.1, 0.15) is 24.1 Å². The number of carbonyl (C=O) groups is 1. The number of fused-ring (bicyclic) bond motifs is 1. The van der Waals surface area contributed by atoms with Crippen molar-refractivity contribution in [1.82, 2.24) is 14.3 Å². The summed E-state index contributed by atoms with van der Waals surface area (Å²) in [6.07, 6.45) is 2.65. The van der Waals surface area contributed by atoms with Gasteiger partial charge < -0.3 is 0 Å². The highest BCUT2D eigenvalue weighted by Crippen LogP contribution is 2.38. The Bertz CT molecular complexity index is 1470. The smallest absolute Gasteiger partial charge is 0.253 e. The van der Waals surface area contributed by atoms with Crippen LogP contribution in [0, 0.1) is 6.92 Å². The lowest BCUT2D eigenvalue weighted by Crippen LogP contribution is -2.47. The number of hydrogen-bond acceptors (Lipinski definition) is 7. The summed E-state index contributed by atoms with van der Waals surface area (Å²) in [6.45, 7) is 2.35. The maximum atomic E-state index is 14.0. The van der Waals surface area contributed by atoms with Gasteiger partial charge in [-0.3, -0.25) is 14.7 Å². The fourth-order valence-electron chi connectivity index (χ4n) is 4.11. The Morgan fingerprint density at radius 1 is 1.17 bits per heavy atom. The van der Waals surface area contributed by atoms with E-state index in [0.29, 0.717) is 33.0 Å². The van der Waals surface area contributed by atoms with Gasteiger partial charge in [0.15, 0.2) is 5.13 Å². The van der Waals surface area contributed by atoms with E-state index in [-0.39, 0.29) is 23.2 Å². The molecule has 12 heteroatoms. The van der Waals surface area contributed by atoms with Crippen molar-refractivity contribution in [1.29, 1.82) is 0 Å². The summed E-state index contributed by atoms with van der Waals surface area (Å²) < 4.78 is 29.3. The number of hydrogen-bond donors (Lipinski definition) is 0. The van der Waals surface area contributed by atoms with E-state index in [4.69, 9.17) is 28.2 Å². The number of thiophene rings is 1. The number of rotatable bonds is 6. The first-order valence-electron chi connectivity index (χ1n) is 10.8. The van der Waals surface area contributed by atoms with Crippen LogP contribution in [-0.2, 0) is 21.4 Å². The van der Waals surface area contributed by atoms with Crippen molar-refractivity contribution in [2.24, 2.45) is 0 Å². The summed E-state index contributed by atoms with van der Waals surface area (Å²) in [7, 11) is -3.87. The van der Waals surface area contributed by atoms with E-state index in [1.165, 1.54) is 26.6 Å². The van der Waals surface area contributed by atoms with Gasteiger partial charge in [0, 0.05) is 12.7 Å². The fourth-order valence-corrected chi connectivity index (χ4v) is 8.69. The second-order valence-corrected chi connectivity index (χ2v) is 13.3. The monoisotopic (exact) mass is 566 g/mol. The number of sulfonamides is 1. The highest BCUT2D eigenvalue weighted by atomic mass is 35.5. The molecule has 0 radical (unpaired) electrons. The van der Waals surface area contributed by atoms with Gasteiger partial charge in [0.2, 0.25) is 5.91 Å². The van der Waals surface area contributed by atoms with Crippen molar-refractivity contribution >= 4 is 77.2 Å². The average Bonchev–Trinajstić information content (AvgIpc) is 3.60. The zero-order valence-electron chi connectivity index (χ0n) is 18.5. The molecule has 1 atom stereocenters. The highest BCUT2D eigenvalue weighted by Gasteiger charge is 2.42. The second-order valence-electron chi connectivity index (χ2n) is 8.12. The number of amides is 1. The summed E-state index contributed by atoms with van der Waals surface area (Å²) in [6, 6.07) is 11.3. The summed E-state index contributed by atoms with van der Waals surface area (Å²) in [5, 5.41) is 1.01. The normalized spacial score (nSPS) is 16.7. The van der Waals surface area contributed by atoms with E-state index in [2.05, 4.69) is 4.98 Å². The zero-order valence-corrected chi connectivity index (χ0v) is 22.5. The molecule has 4 heterocycles. The van der Waals surface area contributed by atoms with Crippen LogP contribution in [0.25, 0.3) is 10.2 Å². The van der Waals surface area contributed by atoms with Gasteiger partial charge in [0.05, 0.1) is 31.8 Å². The number of benzene rings is 1.